The molecule has 1 aromatic carbocycles. The van der Waals surface area contributed by atoms with E-state index in [1.54, 1.807) is 39.0 Å². The van der Waals surface area contributed by atoms with Crippen LogP contribution in [0.3, 0.4) is 0 Å². The molecule has 1 fully saturated rings. The lowest BCUT2D eigenvalue weighted by Gasteiger charge is -2.12. The molecule has 0 saturated heterocycles. The van der Waals surface area contributed by atoms with Gasteiger partial charge in [0, 0.05) is 24.2 Å². The van der Waals surface area contributed by atoms with Crippen LogP contribution in [0.4, 0.5) is 17.6 Å². The van der Waals surface area contributed by atoms with E-state index in [9.17, 15) is 22.4 Å². The summed E-state index contributed by atoms with van der Waals surface area (Å²) in [7, 11) is 0. The van der Waals surface area contributed by atoms with Crippen LogP contribution in [0.2, 0.25) is 0 Å². The molecule has 1 N–H and O–H groups in total. The summed E-state index contributed by atoms with van der Waals surface area (Å²) >= 11 is 0. The Balaban J connectivity index is 2.19. The van der Waals surface area contributed by atoms with Crippen LogP contribution < -0.4 is 0 Å². The molecule has 0 unspecified atom stereocenters. The van der Waals surface area contributed by atoms with Crippen molar-refractivity contribution in [2.24, 2.45) is 17.3 Å². The first-order chi connectivity index (χ1) is 13.6. The average Bonchev–Trinajstić information content (AvgIpc) is 3.22. The average molecular weight is 411 g/mol. The van der Waals surface area contributed by atoms with Crippen molar-refractivity contribution in [3.63, 3.8) is 0 Å². The zero-order chi connectivity index (χ0) is 21.9. The van der Waals surface area contributed by atoms with E-state index in [2.05, 4.69) is 0 Å². The predicted molar refractivity (Wildman–Crippen MR) is 96.1 cm³/mol. The Kier molecular flexibility index (Phi) is 6.85. The fraction of sp³-hybridized carbons (Fsp3) is 0.429. The molecule has 2 rings (SSSR count). The number of esters is 1. The van der Waals surface area contributed by atoms with Gasteiger partial charge in [-0.3, -0.25) is 4.79 Å². The highest BCUT2D eigenvalue weighted by Crippen LogP contribution is 2.60. The molecule has 0 heterocycles. The summed E-state index contributed by atoms with van der Waals surface area (Å²) in [6.45, 7) is 3.61. The van der Waals surface area contributed by atoms with Crippen LogP contribution in [0.15, 0.2) is 23.8 Å². The number of hydrogen-bond donors (Lipinski definition) is 1. The third-order valence-electron chi connectivity index (χ3n) is 5.16. The molecule has 1 aliphatic rings. The van der Waals surface area contributed by atoms with E-state index >= 15 is 0 Å². The molecule has 0 spiro atoms. The lowest BCUT2D eigenvalue weighted by atomic mass is 10.1. The summed E-state index contributed by atoms with van der Waals surface area (Å²) in [6.07, 6.45) is 4.29. The van der Waals surface area contributed by atoms with E-state index in [1.165, 1.54) is 0 Å². The Morgan fingerprint density at radius 1 is 1.17 bits per heavy atom. The molecule has 0 aromatic heterocycles. The van der Waals surface area contributed by atoms with Crippen LogP contribution in [0, 0.1) is 51.9 Å². The zero-order valence-corrected chi connectivity index (χ0v) is 16.2. The van der Waals surface area contributed by atoms with Crippen molar-refractivity contribution in [1.29, 1.82) is 5.26 Å². The first-order valence-electron chi connectivity index (χ1n) is 8.97. The molecule has 0 radical (unpaired) electrons. The number of hydrogen-bond acceptors (Lipinski definition) is 4. The second-order valence-corrected chi connectivity index (χ2v) is 7.35. The molecule has 1 aromatic rings. The minimum Gasteiger partial charge on any atom is -0.460 e. The van der Waals surface area contributed by atoms with Gasteiger partial charge in [0.25, 0.3) is 0 Å². The summed E-state index contributed by atoms with van der Waals surface area (Å²) in [5, 5.41) is 17.9. The van der Waals surface area contributed by atoms with Gasteiger partial charge < -0.3 is 9.84 Å². The van der Waals surface area contributed by atoms with Crippen molar-refractivity contribution < 1.29 is 32.2 Å². The molecule has 2 atom stereocenters. The summed E-state index contributed by atoms with van der Waals surface area (Å²) in [6, 6.07) is 1.99. The standard InChI is InChI=1S/C21H21F4NO3/c1-4-5-11(9-26)8-14-15(21(14,2)3)20(28)29-10-13-18(24)16(22)12(6-7-27)17(23)19(13)25/h4-5,8,14-15,27H,6-7,10H2,1-3H3/b5-4+,11-8-/t14-,15+/m1/s1. The second-order valence-electron chi connectivity index (χ2n) is 7.35. The molecule has 4 nitrogen and oxygen atoms in total. The summed E-state index contributed by atoms with van der Waals surface area (Å²) in [4.78, 5) is 12.4. The minimum absolute atomic E-state index is 0.323. The number of nitriles is 1. The third kappa shape index (κ3) is 4.35. The highest BCUT2D eigenvalue weighted by atomic mass is 19.2. The number of benzene rings is 1. The fourth-order valence-electron chi connectivity index (χ4n) is 3.36. The van der Waals surface area contributed by atoms with Crippen LogP contribution >= 0.6 is 0 Å². The van der Waals surface area contributed by atoms with Crippen molar-refractivity contribution in [2.45, 2.75) is 33.8 Å². The van der Waals surface area contributed by atoms with Gasteiger partial charge in [0.05, 0.1) is 17.6 Å². The third-order valence-corrected chi connectivity index (χ3v) is 5.16. The molecule has 0 bridgehead atoms. The minimum atomic E-state index is -1.66. The molecule has 8 heteroatoms. The summed E-state index contributed by atoms with van der Waals surface area (Å²) in [5.74, 6) is -8.34. The molecular weight excluding hydrogens is 390 g/mol. The maximum Gasteiger partial charge on any atom is 0.310 e. The Bertz CT molecular complexity index is 886. The number of allylic oxidation sites excluding steroid dienone is 4. The molecule has 29 heavy (non-hydrogen) atoms. The van der Waals surface area contributed by atoms with E-state index in [1.807, 2.05) is 6.07 Å². The van der Waals surface area contributed by atoms with Crippen LogP contribution in [-0.4, -0.2) is 17.7 Å². The molecule has 1 saturated carbocycles. The van der Waals surface area contributed by atoms with E-state index in [-0.39, 0.29) is 5.92 Å². The number of ether oxygens (including phenoxy) is 1. The van der Waals surface area contributed by atoms with E-state index in [0.717, 1.165) is 0 Å². The summed E-state index contributed by atoms with van der Waals surface area (Å²) in [5.41, 5.74) is -2.12. The summed E-state index contributed by atoms with van der Waals surface area (Å²) < 4.78 is 61.1. The van der Waals surface area contributed by atoms with Crippen LogP contribution in [0.25, 0.3) is 0 Å². The molecule has 1 aliphatic carbocycles. The Hall–Kier alpha value is -2.66. The first-order valence-corrected chi connectivity index (χ1v) is 8.97. The van der Waals surface area contributed by atoms with Crippen molar-refractivity contribution in [1.82, 2.24) is 0 Å². The molecule has 0 aliphatic heterocycles. The number of aliphatic hydroxyl groups excluding tert-OH is 1. The van der Waals surface area contributed by atoms with Gasteiger partial charge in [-0.25, -0.2) is 17.6 Å². The van der Waals surface area contributed by atoms with Gasteiger partial charge in [0.15, 0.2) is 23.3 Å². The molecular formula is C21H21F4NO3. The van der Waals surface area contributed by atoms with Gasteiger partial charge in [0.2, 0.25) is 0 Å². The van der Waals surface area contributed by atoms with Gasteiger partial charge in [0.1, 0.15) is 6.61 Å². The van der Waals surface area contributed by atoms with Crippen LogP contribution in [0.5, 0.6) is 0 Å². The number of nitrogens with zero attached hydrogens (tertiary/aromatic N) is 1. The first kappa shape index (κ1) is 22.6. The maximum absolute atomic E-state index is 14.1. The Morgan fingerprint density at radius 3 is 2.21 bits per heavy atom. The second kappa shape index (κ2) is 8.78. The number of aliphatic hydroxyl groups is 1. The SMILES string of the molecule is C/C=C/C(C#N)=C/[C@@H]1[C@@H](C(=O)OCc2c(F)c(F)c(CCO)c(F)c2F)C1(C)C. The quantitative estimate of drug-likeness (QED) is 0.241. The van der Waals surface area contributed by atoms with Gasteiger partial charge in [-0.05, 0) is 24.3 Å². The normalized spacial score (nSPS) is 20.6. The van der Waals surface area contributed by atoms with E-state index in [0.29, 0.717) is 5.57 Å². The van der Waals surface area contributed by atoms with Gasteiger partial charge in [-0.15, -0.1) is 0 Å². The Morgan fingerprint density at radius 2 is 1.72 bits per heavy atom. The van der Waals surface area contributed by atoms with Crippen LogP contribution in [-0.2, 0) is 22.6 Å². The lowest BCUT2D eigenvalue weighted by molar-refractivity contribution is -0.147. The monoisotopic (exact) mass is 411 g/mol. The van der Waals surface area contributed by atoms with Gasteiger partial charge in [-0.2, -0.15) is 5.26 Å². The van der Waals surface area contributed by atoms with Crippen molar-refractivity contribution in [3.8, 4) is 6.07 Å². The van der Waals surface area contributed by atoms with E-state index < -0.39 is 71.3 Å². The van der Waals surface area contributed by atoms with Gasteiger partial charge in [-0.1, -0.05) is 26.0 Å². The molecule has 0 amide bonds. The number of carbonyl (C=O) groups is 1. The van der Waals surface area contributed by atoms with Crippen molar-refractivity contribution in [3.05, 3.63) is 58.2 Å². The largest absolute Gasteiger partial charge is 0.460 e. The highest BCUT2D eigenvalue weighted by molar-refractivity contribution is 5.78. The van der Waals surface area contributed by atoms with Crippen molar-refractivity contribution >= 4 is 5.97 Å². The Labute approximate surface area is 166 Å². The van der Waals surface area contributed by atoms with Crippen LogP contribution in [0.1, 0.15) is 31.9 Å². The number of carbonyl (C=O) groups excluding carboxylic acids is 1. The van der Waals surface area contributed by atoms with Gasteiger partial charge >= 0.3 is 5.97 Å². The van der Waals surface area contributed by atoms with E-state index in [4.69, 9.17) is 15.1 Å². The fourth-order valence-corrected chi connectivity index (χ4v) is 3.36. The number of halogens is 4. The van der Waals surface area contributed by atoms with Crippen molar-refractivity contribution in [2.75, 3.05) is 6.61 Å². The maximum atomic E-state index is 14.1. The lowest BCUT2D eigenvalue weighted by Crippen LogP contribution is -2.15. The smallest absolute Gasteiger partial charge is 0.310 e. The highest BCUT2D eigenvalue weighted by Gasteiger charge is 2.61. The zero-order valence-electron chi connectivity index (χ0n) is 16.2. The number of rotatable bonds is 7. The predicted octanol–water partition coefficient (Wildman–Crippen LogP) is 4.12. The topological polar surface area (TPSA) is 70.3 Å². The molecule has 156 valence electrons.